The van der Waals surface area contributed by atoms with Crippen LogP contribution < -0.4 is 5.32 Å². The first-order chi connectivity index (χ1) is 14.9. The Kier molecular flexibility index (Phi) is 6.36. The maximum Gasteiger partial charge on any atom is 0.249 e. The Balaban J connectivity index is 1.35. The zero-order valence-electron chi connectivity index (χ0n) is 17.0. The van der Waals surface area contributed by atoms with Gasteiger partial charge in [-0.15, -0.1) is 0 Å². The second-order valence-electron chi connectivity index (χ2n) is 7.94. The lowest BCUT2D eigenvalue weighted by atomic mass is 10.0. The van der Waals surface area contributed by atoms with Crippen LogP contribution in [0.1, 0.15) is 24.4 Å². The van der Waals surface area contributed by atoms with E-state index in [0.717, 1.165) is 40.9 Å². The Hall–Kier alpha value is -2.36. The van der Waals surface area contributed by atoms with Gasteiger partial charge < -0.3 is 10.2 Å². The highest BCUT2D eigenvalue weighted by molar-refractivity contribution is 7.89. The van der Waals surface area contributed by atoms with Gasteiger partial charge in [0.1, 0.15) is 11.6 Å². The maximum atomic E-state index is 14.0. The summed E-state index contributed by atoms with van der Waals surface area (Å²) in [6.45, 7) is 0.494. The molecule has 9 heteroatoms. The zero-order chi connectivity index (χ0) is 22.0. The third-order valence-corrected chi connectivity index (χ3v) is 7.78. The first-order valence-corrected chi connectivity index (χ1v) is 11.8. The summed E-state index contributed by atoms with van der Waals surface area (Å²) in [6, 6.07) is 13.1. The van der Waals surface area contributed by atoms with Gasteiger partial charge in [-0.2, -0.15) is 4.31 Å². The number of benzene rings is 2. The van der Waals surface area contributed by atoms with Crippen LogP contribution in [0, 0.1) is 17.6 Å². The Labute approximate surface area is 180 Å². The standard InChI is InChI=1S/C22H25F2N3O3S/c23-18-7-4-8-19(24)22(18)31(29,30)27-13-11-26(12-14-27)20(28)15-25-21(17-9-10-17)16-5-2-1-3-6-16/h1-8,17,21,25H,9-15H2. The Morgan fingerprint density at radius 1 is 0.968 bits per heavy atom. The third-order valence-electron chi connectivity index (χ3n) is 5.83. The van der Waals surface area contributed by atoms with Gasteiger partial charge in [0.25, 0.3) is 0 Å². The molecule has 1 saturated carbocycles. The predicted octanol–water partition coefficient (Wildman–Crippen LogP) is 2.54. The maximum absolute atomic E-state index is 14.0. The molecule has 1 atom stereocenters. The van der Waals surface area contributed by atoms with E-state index in [2.05, 4.69) is 5.32 Å². The van der Waals surface area contributed by atoms with Crippen molar-refractivity contribution in [3.05, 3.63) is 65.7 Å². The van der Waals surface area contributed by atoms with Gasteiger partial charge in [-0.1, -0.05) is 36.4 Å². The van der Waals surface area contributed by atoms with E-state index in [4.69, 9.17) is 0 Å². The van der Waals surface area contributed by atoms with Crippen LogP contribution in [0.2, 0.25) is 0 Å². The number of nitrogens with zero attached hydrogens (tertiary/aromatic N) is 2. The first-order valence-electron chi connectivity index (χ1n) is 10.4. The molecule has 2 aromatic carbocycles. The van der Waals surface area contributed by atoms with Gasteiger partial charge in [-0.25, -0.2) is 17.2 Å². The van der Waals surface area contributed by atoms with Crippen LogP contribution in [0.15, 0.2) is 53.4 Å². The number of halogens is 2. The molecule has 1 unspecified atom stereocenters. The molecule has 1 aliphatic heterocycles. The van der Waals surface area contributed by atoms with E-state index in [1.54, 1.807) is 4.90 Å². The second-order valence-corrected chi connectivity index (χ2v) is 9.82. The molecule has 0 radical (unpaired) electrons. The Bertz CT molecular complexity index is 1020. The molecule has 1 N–H and O–H groups in total. The third kappa shape index (κ3) is 4.78. The molecule has 2 aromatic rings. The summed E-state index contributed by atoms with van der Waals surface area (Å²) >= 11 is 0. The molecule has 0 bridgehead atoms. The van der Waals surface area contributed by atoms with Gasteiger partial charge in [-0.3, -0.25) is 4.79 Å². The Morgan fingerprint density at radius 2 is 1.58 bits per heavy atom. The van der Waals surface area contributed by atoms with Crippen LogP contribution in [-0.4, -0.2) is 56.3 Å². The van der Waals surface area contributed by atoms with Crippen molar-refractivity contribution in [1.29, 1.82) is 0 Å². The molecule has 1 amide bonds. The molecule has 1 saturated heterocycles. The van der Waals surface area contributed by atoms with E-state index in [1.807, 2.05) is 30.3 Å². The fourth-order valence-electron chi connectivity index (χ4n) is 3.99. The van der Waals surface area contributed by atoms with E-state index in [1.165, 1.54) is 0 Å². The molecule has 0 aromatic heterocycles. The van der Waals surface area contributed by atoms with Crippen molar-refractivity contribution >= 4 is 15.9 Å². The number of amides is 1. The monoisotopic (exact) mass is 449 g/mol. The molecular weight excluding hydrogens is 424 g/mol. The van der Waals surface area contributed by atoms with Crippen molar-refractivity contribution in [3.8, 4) is 0 Å². The fraction of sp³-hybridized carbons (Fsp3) is 0.409. The molecule has 1 heterocycles. The summed E-state index contributed by atoms with van der Waals surface area (Å²) in [5.41, 5.74) is 1.15. The quantitative estimate of drug-likeness (QED) is 0.705. The van der Waals surface area contributed by atoms with Crippen LogP contribution in [0.5, 0.6) is 0 Å². The van der Waals surface area contributed by atoms with E-state index >= 15 is 0 Å². The summed E-state index contributed by atoms with van der Waals surface area (Å²) in [5, 5.41) is 3.36. The van der Waals surface area contributed by atoms with Crippen molar-refractivity contribution in [1.82, 2.24) is 14.5 Å². The molecular formula is C22H25F2N3O3S. The van der Waals surface area contributed by atoms with Gasteiger partial charge in [0, 0.05) is 32.2 Å². The average molecular weight is 450 g/mol. The number of carbonyl (C=O) groups excluding carboxylic acids is 1. The zero-order valence-corrected chi connectivity index (χ0v) is 17.8. The highest BCUT2D eigenvalue weighted by atomic mass is 32.2. The highest BCUT2D eigenvalue weighted by Gasteiger charge is 2.35. The molecule has 1 aliphatic carbocycles. The molecule has 2 fully saturated rings. The molecule has 31 heavy (non-hydrogen) atoms. The number of nitrogens with one attached hydrogen (secondary N) is 1. The topological polar surface area (TPSA) is 69.7 Å². The summed E-state index contributed by atoms with van der Waals surface area (Å²) in [7, 11) is -4.31. The van der Waals surface area contributed by atoms with Crippen LogP contribution in [0.3, 0.4) is 0 Å². The number of piperazine rings is 1. The molecule has 2 aliphatic rings. The Morgan fingerprint density at radius 3 is 2.16 bits per heavy atom. The highest BCUT2D eigenvalue weighted by Crippen LogP contribution is 2.40. The number of hydrogen-bond donors (Lipinski definition) is 1. The van der Waals surface area contributed by atoms with Crippen molar-refractivity contribution < 1.29 is 22.0 Å². The minimum atomic E-state index is -4.31. The van der Waals surface area contributed by atoms with Crippen molar-refractivity contribution in [2.75, 3.05) is 32.7 Å². The van der Waals surface area contributed by atoms with Gasteiger partial charge in [0.15, 0.2) is 4.90 Å². The lowest BCUT2D eigenvalue weighted by Gasteiger charge is -2.34. The number of carbonyl (C=O) groups is 1. The van der Waals surface area contributed by atoms with Crippen LogP contribution >= 0.6 is 0 Å². The SMILES string of the molecule is O=C(CNC(c1ccccc1)C1CC1)N1CCN(S(=O)(=O)c2c(F)cccc2F)CC1. The summed E-state index contributed by atoms with van der Waals surface area (Å²) in [4.78, 5) is 13.3. The van der Waals surface area contributed by atoms with Gasteiger partial charge in [0.2, 0.25) is 15.9 Å². The van der Waals surface area contributed by atoms with Crippen molar-refractivity contribution in [2.24, 2.45) is 5.92 Å². The van der Waals surface area contributed by atoms with Crippen molar-refractivity contribution in [2.45, 2.75) is 23.8 Å². The van der Waals surface area contributed by atoms with E-state index < -0.39 is 26.6 Å². The van der Waals surface area contributed by atoms with Crippen LogP contribution in [0.4, 0.5) is 8.78 Å². The first kappa shape index (κ1) is 21.9. The minimum absolute atomic E-state index is 0.00735. The lowest BCUT2D eigenvalue weighted by Crippen LogP contribution is -2.52. The molecule has 166 valence electrons. The minimum Gasteiger partial charge on any atom is -0.339 e. The van der Waals surface area contributed by atoms with Crippen LogP contribution in [0.25, 0.3) is 0 Å². The molecule has 6 nitrogen and oxygen atoms in total. The normalized spacial score (nSPS) is 18.7. The summed E-state index contributed by atoms with van der Waals surface area (Å²) in [5.74, 6) is -1.83. The summed E-state index contributed by atoms with van der Waals surface area (Å²) in [6.07, 6.45) is 2.26. The smallest absolute Gasteiger partial charge is 0.249 e. The van der Waals surface area contributed by atoms with Gasteiger partial charge in [0.05, 0.1) is 6.54 Å². The van der Waals surface area contributed by atoms with E-state index in [-0.39, 0.29) is 44.7 Å². The number of sulfonamides is 1. The number of rotatable bonds is 7. The largest absolute Gasteiger partial charge is 0.339 e. The van der Waals surface area contributed by atoms with Gasteiger partial charge >= 0.3 is 0 Å². The van der Waals surface area contributed by atoms with Crippen LogP contribution in [-0.2, 0) is 14.8 Å². The lowest BCUT2D eigenvalue weighted by molar-refractivity contribution is -0.131. The van der Waals surface area contributed by atoms with Crippen molar-refractivity contribution in [3.63, 3.8) is 0 Å². The fourth-order valence-corrected chi connectivity index (χ4v) is 5.52. The van der Waals surface area contributed by atoms with E-state index in [9.17, 15) is 22.0 Å². The van der Waals surface area contributed by atoms with Gasteiger partial charge in [-0.05, 0) is 36.5 Å². The summed E-state index contributed by atoms with van der Waals surface area (Å²) < 4.78 is 54.4. The second kappa shape index (κ2) is 9.02. The number of hydrogen-bond acceptors (Lipinski definition) is 4. The van der Waals surface area contributed by atoms with E-state index in [0.29, 0.717) is 5.92 Å². The predicted molar refractivity (Wildman–Crippen MR) is 112 cm³/mol. The molecule has 0 spiro atoms. The average Bonchev–Trinajstić information content (AvgIpc) is 3.59. The molecule has 4 rings (SSSR count).